The lowest BCUT2D eigenvalue weighted by atomic mass is 9.96. The minimum absolute atomic E-state index is 0.317. The Kier molecular flexibility index (Phi) is 5.78. The first-order chi connectivity index (χ1) is 14.3. The number of rotatable bonds is 5. The van der Waals surface area contributed by atoms with Crippen molar-refractivity contribution in [3.05, 3.63) is 24.5 Å². The van der Waals surface area contributed by atoms with Gasteiger partial charge in [0.1, 0.15) is 12.4 Å². The minimum atomic E-state index is 0.317. The molecule has 3 aliphatic rings. The van der Waals surface area contributed by atoms with Crippen LogP contribution in [0.15, 0.2) is 24.5 Å². The number of fused-ring (bicyclic) bond motifs is 1. The van der Waals surface area contributed by atoms with Crippen LogP contribution in [0, 0.1) is 5.92 Å². The number of anilines is 1. The summed E-state index contributed by atoms with van der Waals surface area (Å²) < 4.78 is 17.4. The molecule has 3 fully saturated rings. The van der Waals surface area contributed by atoms with Gasteiger partial charge in [-0.1, -0.05) is 0 Å². The molecule has 1 aromatic heterocycles. The van der Waals surface area contributed by atoms with Gasteiger partial charge in [0.05, 0.1) is 37.3 Å². The maximum absolute atomic E-state index is 6.12. The summed E-state index contributed by atoms with van der Waals surface area (Å²) in [7, 11) is 0. The van der Waals surface area contributed by atoms with Crippen LogP contribution in [0.5, 0.6) is 5.88 Å². The second-order valence-electron chi connectivity index (χ2n) is 8.35. The third-order valence-electron chi connectivity index (χ3n) is 6.25. The number of piperazine rings is 1. The van der Waals surface area contributed by atoms with Crippen LogP contribution in [0.4, 0.5) is 5.69 Å². The molecule has 1 saturated carbocycles. The topological polar surface area (TPSA) is 60.0 Å². The maximum atomic E-state index is 6.12. The van der Waals surface area contributed by atoms with Crippen molar-refractivity contribution in [1.29, 1.82) is 0 Å². The van der Waals surface area contributed by atoms with E-state index < -0.39 is 0 Å². The normalized spacial score (nSPS) is 22.4. The summed E-state index contributed by atoms with van der Waals surface area (Å²) in [4.78, 5) is 13.8. The third kappa shape index (κ3) is 4.47. The lowest BCUT2D eigenvalue weighted by Crippen LogP contribution is -2.48. The Morgan fingerprint density at radius 1 is 1.00 bits per heavy atom. The van der Waals surface area contributed by atoms with E-state index >= 15 is 0 Å². The summed E-state index contributed by atoms with van der Waals surface area (Å²) in [5, 5.41) is 1.02. The number of hydrogen-bond acceptors (Lipinski definition) is 7. The molecule has 3 heterocycles. The van der Waals surface area contributed by atoms with Crippen LogP contribution in [0.25, 0.3) is 10.9 Å². The summed E-state index contributed by atoms with van der Waals surface area (Å²) in [5.41, 5.74) is 2.18. The molecule has 29 heavy (non-hydrogen) atoms. The van der Waals surface area contributed by atoms with Gasteiger partial charge >= 0.3 is 0 Å². The first-order valence-electron chi connectivity index (χ1n) is 10.9. The van der Waals surface area contributed by atoms with Gasteiger partial charge in [-0.05, 0) is 37.5 Å². The molecule has 0 N–H and O–H groups in total. The van der Waals surface area contributed by atoms with E-state index in [9.17, 15) is 0 Å². The zero-order chi connectivity index (χ0) is 19.5. The van der Waals surface area contributed by atoms with Crippen molar-refractivity contribution in [2.75, 3.05) is 64.1 Å². The van der Waals surface area contributed by atoms with Crippen LogP contribution < -0.4 is 9.64 Å². The fraction of sp³-hybridized carbons (Fsp3) is 0.636. The highest BCUT2D eigenvalue weighted by Crippen LogP contribution is 2.31. The molecule has 0 atom stereocenters. The van der Waals surface area contributed by atoms with E-state index in [4.69, 9.17) is 14.2 Å². The van der Waals surface area contributed by atoms with Crippen molar-refractivity contribution in [2.45, 2.75) is 25.4 Å². The molecule has 0 amide bonds. The highest BCUT2D eigenvalue weighted by atomic mass is 16.5. The van der Waals surface area contributed by atoms with Gasteiger partial charge in [0, 0.05) is 44.3 Å². The molecule has 7 heteroatoms. The van der Waals surface area contributed by atoms with Crippen molar-refractivity contribution in [2.24, 2.45) is 5.92 Å². The summed E-state index contributed by atoms with van der Waals surface area (Å²) in [6, 6.07) is 6.46. The van der Waals surface area contributed by atoms with E-state index in [0.29, 0.717) is 12.0 Å². The van der Waals surface area contributed by atoms with Gasteiger partial charge in [0.2, 0.25) is 5.88 Å². The minimum Gasteiger partial charge on any atom is -0.474 e. The van der Waals surface area contributed by atoms with Gasteiger partial charge in [-0.2, -0.15) is 0 Å². The quantitative estimate of drug-likeness (QED) is 0.766. The van der Waals surface area contributed by atoms with E-state index in [2.05, 4.69) is 38.0 Å². The zero-order valence-corrected chi connectivity index (χ0v) is 17.0. The van der Waals surface area contributed by atoms with Crippen molar-refractivity contribution in [3.63, 3.8) is 0 Å². The van der Waals surface area contributed by atoms with Crippen LogP contribution in [0.1, 0.15) is 19.3 Å². The first kappa shape index (κ1) is 19.0. The molecule has 2 aliphatic heterocycles. The Hall–Kier alpha value is -1.96. The standard InChI is InChI=1S/C22H30N4O3/c1-2-19(3-1)29-22-20-12-18(4-5-21(20)23-16-24-22)26-8-6-25(7-9-26)13-17-14-27-10-11-28-15-17/h4-5,12,16-17,19H,1-3,6-11,13-15H2. The van der Waals surface area contributed by atoms with Crippen LogP contribution in [0.2, 0.25) is 0 Å². The molecule has 0 radical (unpaired) electrons. The molecular formula is C22H30N4O3. The highest BCUT2D eigenvalue weighted by molar-refractivity contribution is 5.86. The maximum Gasteiger partial charge on any atom is 0.224 e. The Morgan fingerprint density at radius 3 is 2.52 bits per heavy atom. The molecule has 2 aromatic rings. The molecule has 0 unspecified atom stereocenters. The molecule has 2 saturated heterocycles. The Balaban J connectivity index is 1.23. The lowest BCUT2D eigenvalue weighted by molar-refractivity contribution is 0.102. The molecular weight excluding hydrogens is 368 g/mol. The Bertz CT molecular complexity index is 813. The van der Waals surface area contributed by atoms with Gasteiger partial charge in [0.15, 0.2) is 0 Å². The van der Waals surface area contributed by atoms with E-state index in [1.54, 1.807) is 6.33 Å². The Morgan fingerprint density at radius 2 is 1.79 bits per heavy atom. The second-order valence-corrected chi connectivity index (χ2v) is 8.35. The number of ether oxygens (including phenoxy) is 3. The number of hydrogen-bond donors (Lipinski definition) is 0. The second kappa shape index (κ2) is 8.81. The molecule has 0 spiro atoms. The van der Waals surface area contributed by atoms with E-state index in [0.717, 1.165) is 88.8 Å². The molecule has 156 valence electrons. The van der Waals surface area contributed by atoms with Crippen LogP contribution in [-0.4, -0.2) is 80.1 Å². The molecule has 1 aromatic carbocycles. The van der Waals surface area contributed by atoms with Gasteiger partial charge in [0.25, 0.3) is 0 Å². The summed E-state index contributed by atoms with van der Waals surface area (Å²) in [6.07, 6.45) is 5.43. The third-order valence-corrected chi connectivity index (χ3v) is 6.25. The van der Waals surface area contributed by atoms with Gasteiger partial charge < -0.3 is 19.1 Å². The summed E-state index contributed by atoms with van der Waals surface area (Å²) >= 11 is 0. The number of aromatic nitrogens is 2. The predicted octanol–water partition coefficient (Wildman–Crippen LogP) is 2.35. The molecule has 7 nitrogen and oxygen atoms in total. The average molecular weight is 399 g/mol. The van der Waals surface area contributed by atoms with Crippen LogP contribution in [-0.2, 0) is 9.47 Å². The Labute approximate surface area is 172 Å². The fourth-order valence-corrected chi connectivity index (χ4v) is 4.28. The average Bonchev–Trinajstić information content (AvgIpc) is 3.00. The van der Waals surface area contributed by atoms with E-state index in [1.807, 2.05) is 0 Å². The van der Waals surface area contributed by atoms with Crippen molar-refractivity contribution in [1.82, 2.24) is 14.9 Å². The summed E-state index contributed by atoms with van der Waals surface area (Å²) in [6.45, 7) is 8.29. The fourth-order valence-electron chi connectivity index (χ4n) is 4.28. The largest absolute Gasteiger partial charge is 0.474 e. The lowest BCUT2D eigenvalue weighted by Gasteiger charge is -2.37. The molecule has 5 rings (SSSR count). The van der Waals surface area contributed by atoms with Gasteiger partial charge in [-0.15, -0.1) is 0 Å². The van der Waals surface area contributed by atoms with Crippen molar-refractivity contribution < 1.29 is 14.2 Å². The SMILES string of the molecule is c1nc(OC2CCC2)c2cc(N3CCN(CC4COCCOC4)CC3)ccc2n1. The number of nitrogens with zero attached hydrogens (tertiary/aromatic N) is 4. The van der Waals surface area contributed by atoms with Crippen molar-refractivity contribution >= 4 is 16.6 Å². The number of benzene rings is 1. The summed E-state index contributed by atoms with van der Waals surface area (Å²) in [5.74, 6) is 1.21. The monoisotopic (exact) mass is 398 g/mol. The van der Waals surface area contributed by atoms with Gasteiger partial charge in [-0.25, -0.2) is 9.97 Å². The zero-order valence-electron chi connectivity index (χ0n) is 17.0. The van der Waals surface area contributed by atoms with Crippen molar-refractivity contribution in [3.8, 4) is 5.88 Å². The molecule has 0 bridgehead atoms. The van der Waals surface area contributed by atoms with Crippen LogP contribution in [0.3, 0.4) is 0 Å². The van der Waals surface area contributed by atoms with E-state index in [1.165, 1.54) is 12.1 Å². The highest BCUT2D eigenvalue weighted by Gasteiger charge is 2.23. The van der Waals surface area contributed by atoms with E-state index in [-0.39, 0.29) is 0 Å². The van der Waals surface area contributed by atoms with Crippen LogP contribution >= 0.6 is 0 Å². The predicted molar refractivity (Wildman–Crippen MR) is 112 cm³/mol. The molecule has 1 aliphatic carbocycles. The first-order valence-corrected chi connectivity index (χ1v) is 10.9. The smallest absolute Gasteiger partial charge is 0.224 e. The van der Waals surface area contributed by atoms with Gasteiger partial charge in [-0.3, -0.25) is 4.90 Å².